The van der Waals surface area contributed by atoms with Crippen molar-refractivity contribution in [2.75, 3.05) is 0 Å². The summed E-state index contributed by atoms with van der Waals surface area (Å²) in [6.07, 6.45) is -1.07. The highest BCUT2D eigenvalue weighted by atomic mass is 16.6. The Morgan fingerprint density at radius 1 is 1.18 bits per heavy atom. The van der Waals surface area contributed by atoms with Crippen molar-refractivity contribution in [2.45, 2.75) is 19.1 Å². The summed E-state index contributed by atoms with van der Waals surface area (Å²) in [6, 6.07) is 12.1. The number of hydrogen-bond donors (Lipinski definition) is 1. The summed E-state index contributed by atoms with van der Waals surface area (Å²) in [7, 11) is 0. The first-order valence-corrected chi connectivity index (χ1v) is 5.40. The van der Waals surface area contributed by atoms with Gasteiger partial charge >= 0.3 is 0 Å². The molecule has 0 aliphatic rings. The van der Waals surface area contributed by atoms with E-state index in [0.29, 0.717) is 5.56 Å². The summed E-state index contributed by atoms with van der Waals surface area (Å²) < 4.78 is 0. The zero-order valence-electron chi connectivity index (χ0n) is 9.41. The Morgan fingerprint density at radius 2 is 1.82 bits per heavy atom. The van der Waals surface area contributed by atoms with Crippen molar-refractivity contribution >= 4 is 10.8 Å². The summed E-state index contributed by atoms with van der Waals surface area (Å²) in [6.45, 7) is 1.40. The van der Waals surface area contributed by atoms with Crippen molar-refractivity contribution in [3.8, 4) is 0 Å². The first-order chi connectivity index (χ1) is 8.09. The lowest BCUT2D eigenvalue weighted by molar-refractivity contribution is -0.531. The highest BCUT2D eigenvalue weighted by Gasteiger charge is 2.25. The van der Waals surface area contributed by atoms with E-state index in [2.05, 4.69) is 0 Å². The van der Waals surface area contributed by atoms with Crippen LogP contribution >= 0.6 is 0 Å². The van der Waals surface area contributed by atoms with Crippen LogP contribution in [0.15, 0.2) is 42.5 Å². The van der Waals surface area contributed by atoms with Crippen LogP contribution < -0.4 is 0 Å². The molecule has 2 rings (SSSR count). The molecule has 17 heavy (non-hydrogen) atoms. The molecule has 2 aromatic carbocycles. The highest BCUT2D eigenvalue weighted by Crippen LogP contribution is 2.23. The molecule has 0 aliphatic carbocycles. The first kappa shape index (κ1) is 11.5. The summed E-state index contributed by atoms with van der Waals surface area (Å²) in [5.41, 5.74) is 0.577. The molecule has 0 saturated heterocycles. The fourth-order valence-corrected chi connectivity index (χ4v) is 1.79. The maximum Gasteiger partial charge on any atom is 0.239 e. The Balaban J connectivity index is 2.39. The van der Waals surface area contributed by atoms with Gasteiger partial charge in [-0.2, -0.15) is 0 Å². The molecule has 4 heteroatoms. The summed E-state index contributed by atoms with van der Waals surface area (Å²) in [5, 5.41) is 22.5. The molecular formula is C13H13NO3. The zero-order valence-corrected chi connectivity index (χ0v) is 9.41. The van der Waals surface area contributed by atoms with Crippen LogP contribution in [0.2, 0.25) is 0 Å². The van der Waals surface area contributed by atoms with Gasteiger partial charge in [-0.1, -0.05) is 36.4 Å². The van der Waals surface area contributed by atoms with E-state index in [-0.39, 0.29) is 0 Å². The van der Waals surface area contributed by atoms with E-state index in [9.17, 15) is 15.2 Å². The normalized spacial score (nSPS) is 14.5. The van der Waals surface area contributed by atoms with E-state index in [1.165, 1.54) is 6.92 Å². The molecule has 0 spiro atoms. The monoisotopic (exact) mass is 231 g/mol. The van der Waals surface area contributed by atoms with Crippen molar-refractivity contribution in [1.82, 2.24) is 0 Å². The standard InChI is InChI=1S/C13H13NO3/c1-9(14(16)17)13(15)12-7-6-10-4-2-3-5-11(10)8-12/h2-9,13,15H,1H3/t9-,13-/m0/s1. The van der Waals surface area contributed by atoms with Gasteiger partial charge in [0, 0.05) is 11.8 Å². The summed E-state index contributed by atoms with van der Waals surface area (Å²) in [4.78, 5) is 10.2. The van der Waals surface area contributed by atoms with Gasteiger partial charge in [0.2, 0.25) is 6.04 Å². The third-order valence-electron chi connectivity index (χ3n) is 2.90. The minimum Gasteiger partial charge on any atom is -0.381 e. The fraction of sp³-hybridized carbons (Fsp3) is 0.231. The largest absolute Gasteiger partial charge is 0.381 e. The number of rotatable bonds is 3. The van der Waals surface area contributed by atoms with Crippen LogP contribution in [-0.2, 0) is 0 Å². The van der Waals surface area contributed by atoms with Gasteiger partial charge in [-0.15, -0.1) is 0 Å². The van der Waals surface area contributed by atoms with E-state index >= 15 is 0 Å². The van der Waals surface area contributed by atoms with Crippen LogP contribution in [0.1, 0.15) is 18.6 Å². The molecular weight excluding hydrogens is 218 g/mol. The maximum absolute atomic E-state index is 10.6. The van der Waals surface area contributed by atoms with Crippen LogP contribution in [0.4, 0.5) is 0 Å². The molecule has 0 amide bonds. The number of nitro groups is 1. The quantitative estimate of drug-likeness (QED) is 0.652. The molecule has 88 valence electrons. The van der Waals surface area contributed by atoms with E-state index < -0.39 is 17.1 Å². The number of aliphatic hydroxyl groups excluding tert-OH is 1. The minimum absolute atomic E-state index is 0.472. The summed E-state index contributed by atoms with van der Waals surface area (Å²) >= 11 is 0. The van der Waals surface area contributed by atoms with Gasteiger partial charge < -0.3 is 5.11 Å². The third-order valence-corrected chi connectivity index (χ3v) is 2.90. The van der Waals surface area contributed by atoms with E-state index in [1.807, 2.05) is 30.3 Å². The number of aliphatic hydroxyl groups is 1. The Hall–Kier alpha value is -1.94. The molecule has 2 aromatic rings. The number of fused-ring (bicyclic) bond motifs is 1. The molecule has 0 heterocycles. The predicted molar refractivity (Wildman–Crippen MR) is 65.4 cm³/mol. The number of nitrogens with zero attached hydrogens (tertiary/aromatic N) is 1. The van der Waals surface area contributed by atoms with Crippen molar-refractivity contribution in [3.63, 3.8) is 0 Å². The van der Waals surface area contributed by atoms with Crippen molar-refractivity contribution < 1.29 is 10.0 Å². The molecule has 2 atom stereocenters. The molecule has 0 aliphatic heterocycles. The van der Waals surface area contributed by atoms with Crippen molar-refractivity contribution in [3.05, 3.63) is 58.1 Å². The zero-order chi connectivity index (χ0) is 12.4. The van der Waals surface area contributed by atoms with E-state index in [4.69, 9.17) is 0 Å². The van der Waals surface area contributed by atoms with E-state index in [0.717, 1.165) is 10.8 Å². The van der Waals surface area contributed by atoms with E-state index in [1.54, 1.807) is 12.1 Å². The Kier molecular flexibility index (Phi) is 3.06. The lowest BCUT2D eigenvalue weighted by atomic mass is 10.00. The van der Waals surface area contributed by atoms with Gasteiger partial charge in [0.25, 0.3) is 0 Å². The van der Waals surface area contributed by atoms with Gasteiger partial charge in [-0.05, 0) is 22.4 Å². The Labute approximate surface area is 98.7 Å². The number of hydrogen-bond acceptors (Lipinski definition) is 3. The molecule has 0 unspecified atom stereocenters. The third kappa shape index (κ3) is 2.26. The second-order valence-corrected chi connectivity index (χ2v) is 4.08. The van der Waals surface area contributed by atoms with Crippen LogP contribution in [0.5, 0.6) is 0 Å². The molecule has 0 fully saturated rings. The second-order valence-electron chi connectivity index (χ2n) is 4.08. The molecule has 1 N–H and O–H groups in total. The Morgan fingerprint density at radius 3 is 2.47 bits per heavy atom. The van der Waals surface area contributed by atoms with Crippen LogP contribution in [0.25, 0.3) is 10.8 Å². The Bertz CT molecular complexity index is 553. The van der Waals surface area contributed by atoms with Crippen LogP contribution in [0, 0.1) is 10.1 Å². The molecule has 0 bridgehead atoms. The van der Waals surface area contributed by atoms with Gasteiger partial charge in [-0.25, -0.2) is 0 Å². The van der Waals surface area contributed by atoms with Crippen LogP contribution in [-0.4, -0.2) is 16.1 Å². The first-order valence-electron chi connectivity index (χ1n) is 5.40. The molecule has 0 radical (unpaired) electrons. The number of benzene rings is 2. The highest BCUT2D eigenvalue weighted by molar-refractivity contribution is 5.83. The molecule has 0 aromatic heterocycles. The summed E-state index contributed by atoms with van der Waals surface area (Å²) in [5.74, 6) is 0. The second kappa shape index (κ2) is 4.51. The smallest absolute Gasteiger partial charge is 0.239 e. The minimum atomic E-state index is -1.07. The van der Waals surface area contributed by atoms with Gasteiger partial charge in [0.05, 0.1) is 0 Å². The van der Waals surface area contributed by atoms with Crippen molar-refractivity contribution in [2.24, 2.45) is 0 Å². The van der Waals surface area contributed by atoms with Crippen molar-refractivity contribution in [1.29, 1.82) is 0 Å². The lowest BCUT2D eigenvalue weighted by Crippen LogP contribution is -2.23. The van der Waals surface area contributed by atoms with Gasteiger partial charge in [0.1, 0.15) is 6.10 Å². The fourth-order valence-electron chi connectivity index (χ4n) is 1.79. The van der Waals surface area contributed by atoms with Gasteiger partial charge in [0.15, 0.2) is 0 Å². The topological polar surface area (TPSA) is 63.4 Å². The maximum atomic E-state index is 10.6. The lowest BCUT2D eigenvalue weighted by Gasteiger charge is -2.13. The SMILES string of the molecule is C[C@@H]([C@H](O)c1ccc2ccccc2c1)[N+](=O)[O-]. The predicted octanol–water partition coefficient (Wildman–Crippen LogP) is 2.54. The average molecular weight is 231 g/mol. The van der Waals surface area contributed by atoms with Crippen LogP contribution in [0.3, 0.4) is 0 Å². The average Bonchev–Trinajstić information content (AvgIpc) is 2.36. The molecule has 4 nitrogen and oxygen atoms in total. The molecule has 0 saturated carbocycles. The van der Waals surface area contributed by atoms with Gasteiger partial charge in [-0.3, -0.25) is 10.1 Å².